The second-order valence-electron chi connectivity index (χ2n) is 6.06. The van der Waals surface area contributed by atoms with E-state index in [0.717, 1.165) is 11.1 Å². The minimum atomic E-state index is -3.84. The average Bonchev–Trinajstić information content (AvgIpc) is 2.62. The quantitative estimate of drug-likeness (QED) is 0.765. The van der Waals surface area contributed by atoms with E-state index in [-0.39, 0.29) is 17.9 Å². The van der Waals surface area contributed by atoms with Gasteiger partial charge >= 0.3 is 0 Å². The highest BCUT2D eigenvalue weighted by atomic mass is 32.2. The first-order valence-electron chi connectivity index (χ1n) is 8.46. The molecule has 0 aliphatic carbocycles. The first-order valence-corrected chi connectivity index (χ1v) is 9.90. The van der Waals surface area contributed by atoms with Gasteiger partial charge in [0.2, 0.25) is 10.0 Å². The first kappa shape index (κ1) is 18.4. The van der Waals surface area contributed by atoms with E-state index in [2.05, 4.69) is 0 Å². The van der Waals surface area contributed by atoms with Crippen LogP contribution < -0.4 is 9.84 Å². The summed E-state index contributed by atoms with van der Waals surface area (Å²) >= 11 is 0. The zero-order valence-corrected chi connectivity index (χ0v) is 15.2. The average molecular weight is 374 g/mol. The molecule has 0 aromatic heterocycles. The standard InChI is InChI=1S/C19H21NO5S/c1-2-25-15-7-9-16(10-8-15)26(23,24)20-12-11-14-5-3-4-6-17(14)18(20)13-19(21)22/h3-10,18H,2,11-13H2,1H3,(H,21,22)/p-1/t18-/m1/s1. The number of ether oxygens (including phenoxy) is 1. The van der Waals surface area contributed by atoms with Crippen molar-refractivity contribution in [2.45, 2.75) is 30.7 Å². The number of hydrogen-bond donors (Lipinski definition) is 0. The Morgan fingerprint density at radius 2 is 1.88 bits per heavy atom. The maximum absolute atomic E-state index is 13.1. The van der Waals surface area contributed by atoms with Crippen molar-refractivity contribution in [1.29, 1.82) is 0 Å². The molecular formula is C19H20NO5S-. The summed E-state index contributed by atoms with van der Waals surface area (Å²) in [5.41, 5.74) is 1.69. The molecule has 2 aromatic carbocycles. The minimum absolute atomic E-state index is 0.115. The fourth-order valence-corrected chi connectivity index (χ4v) is 4.90. The molecule has 1 aliphatic heterocycles. The maximum atomic E-state index is 13.1. The molecule has 3 rings (SSSR count). The molecule has 7 heteroatoms. The largest absolute Gasteiger partial charge is 0.550 e. The Morgan fingerprint density at radius 3 is 2.54 bits per heavy atom. The molecular weight excluding hydrogens is 354 g/mol. The number of carbonyl (C=O) groups excluding carboxylic acids is 1. The van der Waals surface area contributed by atoms with Crippen molar-refractivity contribution in [1.82, 2.24) is 4.31 Å². The van der Waals surface area contributed by atoms with Gasteiger partial charge in [0.1, 0.15) is 5.75 Å². The SMILES string of the molecule is CCOc1ccc(S(=O)(=O)N2CCc3ccccc3[C@H]2CC(=O)[O-])cc1. The van der Waals surface area contributed by atoms with Gasteiger partial charge in [0.15, 0.2) is 0 Å². The zero-order valence-electron chi connectivity index (χ0n) is 14.4. The number of rotatable bonds is 6. The van der Waals surface area contributed by atoms with E-state index in [1.807, 2.05) is 19.1 Å². The molecule has 0 saturated carbocycles. The van der Waals surface area contributed by atoms with Crippen LogP contribution in [0.25, 0.3) is 0 Å². The Hall–Kier alpha value is -2.38. The van der Waals surface area contributed by atoms with Crippen molar-refractivity contribution in [2.75, 3.05) is 13.2 Å². The summed E-state index contributed by atoms with van der Waals surface area (Å²) in [7, 11) is -3.84. The minimum Gasteiger partial charge on any atom is -0.550 e. The highest BCUT2D eigenvalue weighted by Crippen LogP contribution is 2.36. The second-order valence-corrected chi connectivity index (χ2v) is 7.95. The Balaban J connectivity index is 1.98. The predicted molar refractivity (Wildman–Crippen MR) is 94.0 cm³/mol. The second kappa shape index (κ2) is 7.47. The molecule has 138 valence electrons. The van der Waals surface area contributed by atoms with Crippen LogP contribution in [-0.2, 0) is 21.2 Å². The molecule has 0 spiro atoms. The van der Waals surface area contributed by atoms with Crippen LogP contribution in [-0.4, -0.2) is 31.8 Å². The highest BCUT2D eigenvalue weighted by molar-refractivity contribution is 7.89. The van der Waals surface area contributed by atoms with E-state index < -0.39 is 22.0 Å². The smallest absolute Gasteiger partial charge is 0.243 e. The first-order chi connectivity index (χ1) is 12.4. The van der Waals surface area contributed by atoms with E-state index in [0.29, 0.717) is 18.8 Å². The molecule has 0 fully saturated rings. The number of aliphatic carboxylic acids is 1. The summed E-state index contributed by atoms with van der Waals surface area (Å²) in [5, 5.41) is 11.3. The molecule has 0 unspecified atom stereocenters. The summed E-state index contributed by atoms with van der Waals surface area (Å²) in [5.74, 6) is -0.694. The van der Waals surface area contributed by atoms with E-state index in [9.17, 15) is 18.3 Å². The van der Waals surface area contributed by atoms with Gasteiger partial charge < -0.3 is 14.6 Å². The van der Waals surface area contributed by atoms with Crippen LogP contribution in [0.15, 0.2) is 53.4 Å². The molecule has 26 heavy (non-hydrogen) atoms. The third-order valence-corrected chi connectivity index (χ3v) is 6.39. The Kier molecular flexibility index (Phi) is 5.29. The molecule has 0 radical (unpaired) electrons. The summed E-state index contributed by atoms with van der Waals surface area (Å²) < 4.78 is 32.9. The summed E-state index contributed by atoms with van der Waals surface area (Å²) in [6.45, 7) is 2.56. The van der Waals surface area contributed by atoms with Crippen LogP contribution >= 0.6 is 0 Å². The van der Waals surface area contributed by atoms with E-state index in [1.54, 1.807) is 24.3 Å². The highest BCUT2D eigenvalue weighted by Gasteiger charge is 2.36. The lowest BCUT2D eigenvalue weighted by molar-refractivity contribution is -0.306. The van der Waals surface area contributed by atoms with Crippen LogP contribution in [0, 0.1) is 0 Å². The third kappa shape index (κ3) is 3.59. The van der Waals surface area contributed by atoms with Crippen molar-refractivity contribution >= 4 is 16.0 Å². The van der Waals surface area contributed by atoms with Gasteiger partial charge in [-0.15, -0.1) is 0 Å². The van der Waals surface area contributed by atoms with Gasteiger partial charge in [-0.3, -0.25) is 0 Å². The van der Waals surface area contributed by atoms with Gasteiger partial charge in [-0.1, -0.05) is 24.3 Å². The molecule has 1 atom stereocenters. The summed E-state index contributed by atoms with van der Waals surface area (Å²) in [4.78, 5) is 11.4. The fourth-order valence-electron chi connectivity index (χ4n) is 3.30. The van der Waals surface area contributed by atoms with Crippen molar-refractivity contribution in [3.8, 4) is 5.75 Å². The topological polar surface area (TPSA) is 86.7 Å². The Morgan fingerprint density at radius 1 is 1.19 bits per heavy atom. The van der Waals surface area contributed by atoms with Crippen molar-refractivity contribution < 1.29 is 23.1 Å². The van der Waals surface area contributed by atoms with Gasteiger partial charge in [0, 0.05) is 18.9 Å². The number of hydrogen-bond acceptors (Lipinski definition) is 5. The Bertz CT molecular complexity index is 892. The Labute approximate surface area is 153 Å². The molecule has 0 amide bonds. The molecule has 1 aliphatic rings. The van der Waals surface area contributed by atoms with Crippen LogP contribution in [0.2, 0.25) is 0 Å². The molecule has 1 heterocycles. The third-order valence-electron chi connectivity index (χ3n) is 4.46. The van der Waals surface area contributed by atoms with Gasteiger partial charge in [0.05, 0.1) is 17.5 Å². The number of fused-ring (bicyclic) bond motifs is 1. The molecule has 0 N–H and O–H groups in total. The fraction of sp³-hybridized carbons (Fsp3) is 0.316. The summed E-state index contributed by atoms with van der Waals surface area (Å²) in [6.07, 6.45) is 0.156. The number of benzene rings is 2. The van der Waals surface area contributed by atoms with Crippen LogP contribution in [0.1, 0.15) is 30.5 Å². The van der Waals surface area contributed by atoms with Crippen molar-refractivity contribution in [3.63, 3.8) is 0 Å². The lowest BCUT2D eigenvalue weighted by Gasteiger charge is -2.36. The molecule has 2 aromatic rings. The number of sulfonamides is 1. The lowest BCUT2D eigenvalue weighted by Crippen LogP contribution is -2.42. The summed E-state index contributed by atoms with van der Waals surface area (Å²) in [6, 6.07) is 12.7. The molecule has 0 saturated heterocycles. The maximum Gasteiger partial charge on any atom is 0.243 e. The van der Waals surface area contributed by atoms with Gasteiger partial charge in [-0.25, -0.2) is 8.42 Å². The van der Waals surface area contributed by atoms with Gasteiger partial charge in [0.25, 0.3) is 0 Å². The van der Waals surface area contributed by atoms with Gasteiger partial charge in [-0.2, -0.15) is 4.31 Å². The van der Waals surface area contributed by atoms with Crippen molar-refractivity contribution in [2.24, 2.45) is 0 Å². The lowest BCUT2D eigenvalue weighted by atomic mass is 9.92. The number of carbonyl (C=O) groups is 1. The van der Waals surface area contributed by atoms with E-state index >= 15 is 0 Å². The number of carboxylic acid groups (broad SMARTS) is 1. The van der Waals surface area contributed by atoms with E-state index in [1.165, 1.54) is 16.4 Å². The normalized spacial score (nSPS) is 17.5. The van der Waals surface area contributed by atoms with Crippen LogP contribution in [0.3, 0.4) is 0 Å². The molecule has 0 bridgehead atoms. The number of nitrogens with zero attached hydrogens (tertiary/aromatic N) is 1. The van der Waals surface area contributed by atoms with Gasteiger partial charge in [-0.05, 0) is 48.7 Å². The van der Waals surface area contributed by atoms with E-state index in [4.69, 9.17) is 4.74 Å². The number of carboxylic acids is 1. The molecule has 6 nitrogen and oxygen atoms in total. The van der Waals surface area contributed by atoms with Crippen molar-refractivity contribution in [3.05, 3.63) is 59.7 Å². The van der Waals surface area contributed by atoms with Crippen LogP contribution in [0.5, 0.6) is 5.75 Å². The monoisotopic (exact) mass is 374 g/mol. The zero-order chi connectivity index (χ0) is 18.7. The predicted octanol–water partition coefficient (Wildman–Crippen LogP) is 1.51. The van der Waals surface area contributed by atoms with Crippen LogP contribution in [0.4, 0.5) is 0 Å².